The van der Waals surface area contributed by atoms with Gasteiger partial charge in [-0.25, -0.2) is 4.39 Å². The monoisotopic (exact) mass is 477 g/mol. The second-order valence-corrected chi connectivity index (χ2v) is 8.16. The Morgan fingerprint density at radius 1 is 1.00 bits per heavy atom. The van der Waals surface area contributed by atoms with Crippen LogP contribution in [0.15, 0.2) is 76.1 Å². The Labute approximate surface area is 179 Å². The van der Waals surface area contributed by atoms with Crippen LogP contribution in [-0.4, -0.2) is 17.4 Å². The number of hydrogen-bond donors (Lipinski definition) is 1. The van der Waals surface area contributed by atoms with Crippen molar-refractivity contribution in [2.24, 2.45) is 0 Å². The number of nitrogens with one attached hydrogen (secondary N) is 1. The van der Waals surface area contributed by atoms with Crippen molar-refractivity contribution < 1.29 is 14.0 Å². The van der Waals surface area contributed by atoms with Crippen molar-refractivity contribution in [1.82, 2.24) is 0 Å². The van der Waals surface area contributed by atoms with Gasteiger partial charge in [-0.1, -0.05) is 39.7 Å². The number of anilines is 1. The van der Waals surface area contributed by atoms with Gasteiger partial charge >= 0.3 is 0 Å². The first-order valence-corrected chi connectivity index (χ1v) is 10.4. The Kier molecular flexibility index (Phi) is 6.88. The van der Waals surface area contributed by atoms with Gasteiger partial charge < -0.3 is 5.32 Å². The third-order valence-electron chi connectivity index (χ3n) is 3.80. The van der Waals surface area contributed by atoms with Crippen LogP contribution in [0.2, 0.25) is 5.02 Å². The Bertz CT molecular complexity index is 1030. The minimum absolute atomic E-state index is 0.126. The minimum atomic E-state index is -0.327. The van der Waals surface area contributed by atoms with Gasteiger partial charge in [0.05, 0.1) is 16.5 Å². The molecule has 0 saturated heterocycles. The van der Waals surface area contributed by atoms with Gasteiger partial charge in [0, 0.05) is 20.5 Å². The lowest BCUT2D eigenvalue weighted by molar-refractivity contribution is -0.113. The van der Waals surface area contributed by atoms with Crippen LogP contribution in [0.5, 0.6) is 0 Å². The summed E-state index contributed by atoms with van der Waals surface area (Å²) in [6.45, 7) is 0. The summed E-state index contributed by atoms with van der Waals surface area (Å²) in [7, 11) is 0. The molecule has 0 aliphatic carbocycles. The van der Waals surface area contributed by atoms with E-state index in [9.17, 15) is 14.0 Å². The highest BCUT2D eigenvalue weighted by atomic mass is 79.9. The zero-order valence-corrected chi connectivity index (χ0v) is 17.6. The van der Waals surface area contributed by atoms with E-state index in [1.807, 2.05) is 0 Å². The van der Waals surface area contributed by atoms with Crippen molar-refractivity contribution >= 4 is 56.7 Å². The van der Waals surface area contributed by atoms with Crippen LogP contribution in [0, 0.1) is 5.82 Å². The summed E-state index contributed by atoms with van der Waals surface area (Å²) in [6, 6.07) is 17.7. The van der Waals surface area contributed by atoms with Gasteiger partial charge in [-0.2, -0.15) is 0 Å². The summed E-state index contributed by atoms with van der Waals surface area (Å²) in [5.41, 5.74) is 1.10. The van der Waals surface area contributed by atoms with Gasteiger partial charge in [-0.3, -0.25) is 9.59 Å². The van der Waals surface area contributed by atoms with Crippen molar-refractivity contribution in [2.75, 3.05) is 11.1 Å². The van der Waals surface area contributed by atoms with E-state index in [1.54, 1.807) is 54.6 Å². The third-order valence-corrected chi connectivity index (χ3v) is 5.64. The summed E-state index contributed by atoms with van der Waals surface area (Å²) in [5.74, 6) is -0.758. The molecule has 1 amide bonds. The fourth-order valence-corrected chi connectivity index (χ4v) is 3.75. The summed E-state index contributed by atoms with van der Waals surface area (Å²) in [6.07, 6.45) is 0. The summed E-state index contributed by atoms with van der Waals surface area (Å²) >= 11 is 10.8. The first-order chi connectivity index (χ1) is 13.4. The molecule has 0 unspecified atom stereocenters. The number of amides is 1. The van der Waals surface area contributed by atoms with Gasteiger partial charge in [0.1, 0.15) is 5.82 Å². The van der Waals surface area contributed by atoms with Crippen LogP contribution in [-0.2, 0) is 4.79 Å². The second kappa shape index (κ2) is 9.37. The van der Waals surface area contributed by atoms with Crippen LogP contribution >= 0.6 is 39.3 Å². The molecule has 0 bridgehead atoms. The Morgan fingerprint density at radius 2 is 1.71 bits per heavy atom. The van der Waals surface area contributed by atoms with Gasteiger partial charge in [-0.15, -0.1) is 11.8 Å². The number of carbonyl (C=O) groups excluding carboxylic acids is 2. The van der Waals surface area contributed by atoms with E-state index in [0.29, 0.717) is 26.3 Å². The molecular formula is C21H14BrClFNO2S. The molecule has 142 valence electrons. The number of thioether (sulfide) groups is 1. The maximum Gasteiger partial charge on any atom is 0.234 e. The average Bonchev–Trinajstić information content (AvgIpc) is 2.69. The van der Waals surface area contributed by atoms with Crippen LogP contribution in [0.1, 0.15) is 15.9 Å². The van der Waals surface area contributed by atoms with Crippen molar-refractivity contribution in [1.29, 1.82) is 0 Å². The van der Waals surface area contributed by atoms with Gasteiger partial charge in [0.15, 0.2) is 5.78 Å². The molecule has 0 spiro atoms. The molecule has 0 heterocycles. The number of benzene rings is 3. The highest BCUT2D eigenvalue weighted by Crippen LogP contribution is 2.27. The Hall–Kier alpha value is -2.15. The lowest BCUT2D eigenvalue weighted by Gasteiger charge is -2.12. The fraction of sp³-hybridized carbons (Fsp3) is 0.0476. The van der Waals surface area contributed by atoms with Gasteiger partial charge in [0.25, 0.3) is 0 Å². The summed E-state index contributed by atoms with van der Waals surface area (Å²) in [4.78, 5) is 26.1. The maximum absolute atomic E-state index is 13.0. The smallest absolute Gasteiger partial charge is 0.234 e. The Balaban J connectivity index is 1.77. The molecule has 0 aliphatic rings. The number of rotatable bonds is 6. The third kappa shape index (κ3) is 5.22. The molecule has 0 aliphatic heterocycles. The molecule has 3 nitrogen and oxygen atoms in total. The average molecular weight is 479 g/mol. The largest absolute Gasteiger partial charge is 0.325 e. The standard InChI is InChI=1S/C21H14BrClFNO2S/c22-13-5-10-19(17(11-13)21(27)16-3-1-2-4-18(16)23)25-20(26)12-28-15-8-6-14(24)7-9-15/h1-11H,12H2,(H,25,26). The predicted molar refractivity (Wildman–Crippen MR) is 115 cm³/mol. The van der Waals surface area contributed by atoms with E-state index in [-0.39, 0.29) is 23.3 Å². The van der Waals surface area contributed by atoms with Crippen LogP contribution in [0.3, 0.4) is 0 Å². The van der Waals surface area contributed by atoms with Crippen LogP contribution in [0.4, 0.5) is 10.1 Å². The molecule has 0 atom stereocenters. The van der Waals surface area contributed by atoms with Crippen molar-refractivity contribution in [3.63, 3.8) is 0 Å². The molecule has 28 heavy (non-hydrogen) atoms. The molecule has 7 heteroatoms. The van der Waals surface area contributed by atoms with Crippen molar-refractivity contribution in [2.45, 2.75) is 4.90 Å². The summed E-state index contributed by atoms with van der Waals surface area (Å²) < 4.78 is 13.7. The number of carbonyl (C=O) groups is 2. The zero-order valence-electron chi connectivity index (χ0n) is 14.4. The molecule has 0 fully saturated rings. The first kappa shape index (κ1) is 20.6. The summed E-state index contributed by atoms with van der Waals surface area (Å²) in [5, 5.41) is 3.12. The van der Waals surface area contributed by atoms with Crippen molar-refractivity contribution in [3.05, 3.63) is 93.2 Å². The molecule has 3 rings (SSSR count). The predicted octanol–water partition coefficient (Wildman–Crippen LogP) is 6.20. The maximum atomic E-state index is 13.0. The SMILES string of the molecule is O=C(CSc1ccc(F)cc1)Nc1ccc(Br)cc1C(=O)c1ccccc1Cl. The molecule has 3 aromatic carbocycles. The van der Waals surface area contributed by atoms with E-state index in [4.69, 9.17) is 11.6 Å². The lowest BCUT2D eigenvalue weighted by atomic mass is 10.0. The highest BCUT2D eigenvalue weighted by molar-refractivity contribution is 9.10. The fourth-order valence-electron chi connectivity index (χ4n) is 2.47. The minimum Gasteiger partial charge on any atom is -0.325 e. The van der Waals surface area contributed by atoms with Crippen LogP contribution < -0.4 is 5.32 Å². The molecular weight excluding hydrogens is 465 g/mol. The zero-order chi connectivity index (χ0) is 20.1. The number of halogens is 3. The van der Waals surface area contributed by atoms with E-state index in [0.717, 1.165) is 4.90 Å². The second-order valence-electron chi connectivity index (χ2n) is 5.79. The first-order valence-electron chi connectivity index (χ1n) is 8.21. The normalized spacial score (nSPS) is 10.5. The molecule has 3 aromatic rings. The molecule has 0 saturated carbocycles. The van der Waals surface area contributed by atoms with Crippen molar-refractivity contribution in [3.8, 4) is 0 Å². The number of hydrogen-bond acceptors (Lipinski definition) is 3. The lowest BCUT2D eigenvalue weighted by Crippen LogP contribution is -2.17. The van der Waals surface area contributed by atoms with Gasteiger partial charge in [-0.05, 0) is 54.6 Å². The Morgan fingerprint density at radius 3 is 2.43 bits per heavy atom. The molecule has 0 aromatic heterocycles. The molecule has 1 N–H and O–H groups in total. The topological polar surface area (TPSA) is 46.2 Å². The molecule has 0 radical (unpaired) electrons. The van der Waals surface area contributed by atoms with Gasteiger partial charge in [0.2, 0.25) is 5.91 Å². The van der Waals surface area contributed by atoms with E-state index >= 15 is 0 Å². The van der Waals surface area contributed by atoms with E-state index in [1.165, 1.54) is 23.9 Å². The van der Waals surface area contributed by atoms with E-state index < -0.39 is 0 Å². The van der Waals surface area contributed by atoms with Crippen LogP contribution in [0.25, 0.3) is 0 Å². The number of ketones is 1. The quantitative estimate of drug-likeness (QED) is 0.339. The highest BCUT2D eigenvalue weighted by Gasteiger charge is 2.18. The van der Waals surface area contributed by atoms with E-state index in [2.05, 4.69) is 21.2 Å².